The van der Waals surface area contributed by atoms with Gasteiger partial charge in [0.05, 0.1) is 12.3 Å². The Balaban J connectivity index is 1.84. The standard InChI is InChI=1S/C16H19N3O/c1-19(9-10-20)16-8-7-15(17-18-16)14-6-5-12-3-2-4-13(12)11-14/h5-8,11,20H,2-4,9-10H2,1H3. The molecular formula is C16H19N3O. The smallest absolute Gasteiger partial charge is 0.151 e. The lowest BCUT2D eigenvalue weighted by atomic mass is 10.0. The number of rotatable bonds is 4. The normalized spacial score (nSPS) is 13.3. The third-order valence-electron chi connectivity index (χ3n) is 3.87. The van der Waals surface area contributed by atoms with Crippen LogP contribution in [-0.4, -0.2) is 35.5 Å². The van der Waals surface area contributed by atoms with Gasteiger partial charge in [-0.15, -0.1) is 10.2 Å². The van der Waals surface area contributed by atoms with Crippen LogP contribution in [0, 0.1) is 0 Å². The number of likely N-dealkylation sites (N-methyl/N-ethyl adjacent to an activating group) is 1. The summed E-state index contributed by atoms with van der Waals surface area (Å²) in [6, 6.07) is 10.5. The first-order valence-electron chi connectivity index (χ1n) is 7.06. The second-order valence-corrected chi connectivity index (χ2v) is 5.26. The molecule has 4 heteroatoms. The summed E-state index contributed by atoms with van der Waals surface area (Å²) in [6.07, 6.45) is 3.63. The lowest BCUT2D eigenvalue weighted by Gasteiger charge is -2.15. The molecule has 20 heavy (non-hydrogen) atoms. The maximum atomic E-state index is 8.93. The minimum absolute atomic E-state index is 0.116. The number of nitrogens with zero attached hydrogens (tertiary/aromatic N) is 3. The summed E-state index contributed by atoms with van der Waals surface area (Å²) in [7, 11) is 1.90. The molecule has 0 saturated heterocycles. The van der Waals surface area contributed by atoms with E-state index in [1.807, 2.05) is 24.1 Å². The molecule has 0 radical (unpaired) electrons. The van der Waals surface area contributed by atoms with Crippen LogP contribution in [-0.2, 0) is 12.8 Å². The van der Waals surface area contributed by atoms with Crippen LogP contribution in [0.25, 0.3) is 11.3 Å². The third kappa shape index (κ3) is 2.51. The van der Waals surface area contributed by atoms with Gasteiger partial charge in [-0.25, -0.2) is 0 Å². The van der Waals surface area contributed by atoms with E-state index in [9.17, 15) is 0 Å². The lowest BCUT2D eigenvalue weighted by molar-refractivity contribution is 0.303. The Bertz CT molecular complexity index is 595. The summed E-state index contributed by atoms with van der Waals surface area (Å²) in [4.78, 5) is 1.89. The molecule has 0 fully saturated rings. The lowest BCUT2D eigenvalue weighted by Crippen LogP contribution is -2.22. The molecule has 1 aliphatic carbocycles. The van der Waals surface area contributed by atoms with Gasteiger partial charge in [-0.05, 0) is 48.6 Å². The Morgan fingerprint density at radius 1 is 1.10 bits per heavy atom. The largest absolute Gasteiger partial charge is 0.395 e. The number of aryl methyl sites for hydroxylation is 2. The van der Waals surface area contributed by atoms with Crippen molar-refractivity contribution in [1.29, 1.82) is 0 Å². The minimum Gasteiger partial charge on any atom is -0.395 e. The molecule has 0 spiro atoms. The number of aromatic nitrogens is 2. The van der Waals surface area contributed by atoms with Gasteiger partial charge in [0.25, 0.3) is 0 Å². The summed E-state index contributed by atoms with van der Waals surface area (Å²) in [5, 5.41) is 17.5. The maximum Gasteiger partial charge on any atom is 0.151 e. The molecule has 0 atom stereocenters. The number of benzene rings is 1. The van der Waals surface area contributed by atoms with Crippen LogP contribution in [0.2, 0.25) is 0 Å². The fourth-order valence-electron chi connectivity index (χ4n) is 2.68. The summed E-state index contributed by atoms with van der Waals surface area (Å²) in [5.41, 5.74) is 4.96. The molecule has 0 amide bonds. The molecule has 104 valence electrons. The van der Waals surface area contributed by atoms with E-state index in [4.69, 9.17) is 5.11 Å². The molecule has 2 aromatic rings. The highest BCUT2D eigenvalue weighted by atomic mass is 16.3. The van der Waals surface area contributed by atoms with Gasteiger partial charge in [0.1, 0.15) is 0 Å². The Morgan fingerprint density at radius 3 is 2.70 bits per heavy atom. The molecule has 1 heterocycles. The van der Waals surface area contributed by atoms with Crippen LogP contribution in [0.3, 0.4) is 0 Å². The van der Waals surface area contributed by atoms with Crippen molar-refractivity contribution in [3.63, 3.8) is 0 Å². The number of aliphatic hydroxyl groups excluding tert-OH is 1. The highest BCUT2D eigenvalue weighted by molar-refractivity contribution is 5.62. The van der Waals surface area contributed by atoms with E-state index in [0.29, 0.717) is 6.54 Å². The topological polar surface area (TPSA) is 49.2 Å². The second kappa shape index (κ2) is 5.59. The average molecular weight is 269 g/mol. The summed E-state index contributed by atoms with van der Waals surface area (Å²) in [5.74, 6) is 0.781. The molecule has 1 aromatic heterocycles. The number of hydrogen-bond donors (Lipinski definition) is 1. The molecule has 1 aliphatic rings. The average Bonchev–Trinajstić information content (AvgIpc) is 2.95. The van der Waals surface area contributed by atoms with Gasteiger partial charge >= 0.3 is 0 Å². The van der Waals surface area contributed by atoms with Gasteiger partial charge in [0.15, 0.2) is 5.82 Å². The molecule has 0 unspecified atom stereocenters. The van der Waals surface area contributed by atoms with Crippen molar-refractivity contribution in [1.82, 2.24) is 10.2 Å². The highest BCUT2D eigenvalue weighted by Gasteiger charge is 2.12. The summed E-state index contributed by atoms with van der Waals surface area (Å²) < 4.78 is 0. The van der Waals surface area contributed by atoms with Crippen LogP contribution in [0.1, 0.15) is 17.5 Å². The fourth-order valence-corrected chi connectivity index (χ4v) is 2.68. The molecular weight excluding hydrogens is 250 g/mol. The van der Waals surface area contributed by atoms with Crippen LogP contribution in [0.4, 0.5) is 5.82 Å². The van der Waals surface area contributed by atoms with Gasteiger partial charge in [0.2, 0.25) is 0 Å². The number of anilines is 1. The van der Waals surface area contributed by atoms with Gasteiger partial charge in [0, 0.05) is 19.2 Å². The van der Waals surface area contributed by atoms with Gasteiger partial charge in [-0.3, -0.25) is 0 Å². The minimum atomic E-state index is 0.116. The van der Waals surface area contributed by atoms with E-state index >= 15 is 0 Å². The van der Waals surface area contributed by atoms with Crippen molar-refractivity contribution in [2.45, 2.75) is 19.3 Å². The van der Waals surface area contributed by atoms with E-state index < -0.39 is 0 Å². The summed E-state index contributed by atoms with van der Waals surface area (Å²) in [6.45, 7) is 0.678. The molecule has 3 rings (SSSR count). The first-order chi connectivity index (χ1) is 9.78. The van der Waals surface area contributed by atoms with Crippen LogP contribution >= 0.6 is 0 Å². The molecule has 0 saturated carbocycles. The Morgan fingerprint density at radius 2 is 1.95 bits per heavy atom. The Kier molecular flexibility index (Phi) is 3.65. The molecule has 1 N–H and O–H groups in total. The van der Waals surface area contributed by atoms with Crippen molar-refractivity contribution in [3.8, 4) is 11.3 Å². The zero-order valence-electron chi connectivity index (χ0n) is 11.7. The predicted octanol–water partition coefficient (Wildman–Crippen LogP) is 2.06. The Hall–Kier alpha value is -1.94. The van der Waals surface area contributed by atoms with Crippen molar-refractivity contribution >= 4 is 5.82 Å². The van der Waals surface area contributed by atoms with Gasteiger partial charge < -0.3 is 10.0 Å². The predicted molar refractivity (Wildman–Crippen MR) is 79.8 cm³/mol. The zero-order valence-corrected chi connectivity index (χ0v) is 11.7. The van der Waals surface area contributed by atoms with Crippen molar-refractivity contribution in [2.75, 3.05) is 25.1 Å². The number of fused-ring (bicyclic) bond motifs is 1. The van der Waals surface area contributed by atoms with Crippen LogP contribution < -0.4 is 4.90 Å². The van der Waals surface area contributed by atoms with E-state index in [1.165, 1.54) is 30.4 Å². The quantitative estimate of drug-likeness (QED) is 0.923. The van der Waals surface area contributed by atoms with E-state index in [-0.39, 0.29) is 6.61 Å². The number of hydrogen-bond acceptors (Lipinski definition) is 4. The molecule has 1 aromatic carbocycles. The first kappa shape index (κ1) is 13.1. The van der Waals surface area contributed by atoms with Crippen molar-refractivity contribution in [3.05, 3.63) is 41.5 Å². The van der Waals surface area contributed by atoms with E-state index in [2.05, 4.69) is 28.4 Å². The monoisotopic (exact) mass is 269 g/mol. The third-order valence-corrected chi connectivity index (χ3v) is 3.87. The fraction of sp³-hybridized carbons (Fsp3) is 0.375. The second-order valence-electron chi connectivity index (χ2n) is 5.26. The highest BCUT2D eigenvalue weighted by Crippen LogP contribution is 2.27. The van der Waals surface area contributed by atoms with E-state index in [0.717, 1.165) is 17.1 Å². The molecule has 0 bridgehead atoms. The van der Waals surface area contributed by atoms with Gasteiger partial charge in [-0.2, -0.15) is 0 Å². The molecule has 4 nitrogen and oxygen atoms in total. The van der Waals surface area contributed by atoms with E-state index in [1.54, 1.807) is 0 Å². The summed E-state index contributed by atoms with van der Waals surface area (Å²) >= 11 is 0. The maximum absolute atomic E-state index is 8.93. The zero-order chi connectivity index (χ0) is 13.9. The van der Waals surface area contributed by atoms with Gasteiger partial charge in [-0.1, -0.05) is 12.1 Å². The first-order valence-corrected chi connectivity index (χ1v) is 7.06. The number of aliphatic hydroxyl groups is 1. The van der Waals surface area contributed by atoms with Crippen molar-refractivity contribution < 1.29 is 5.11 Å². The van der Waals surface area contributed by atoms with Crippen LogP contribution in [0.15, 0.2) is 30.3 Å². The van der Waals surface area contributed by atoms with Crippen LogP contribution in [0.5, 0.6) is 0 Å². The Labute approximate surface area is 119 Å². The molecule has 0 aliphatic heterocycles. The van der Waals surface area contributed by atoms with Crippen molar-refractivity contribution in [2.24, 2.45) is 0 Å². The SMILES string of the molecule is CN(CCO)c1ccc(-c2ccc3c(c2)CCC3)nn1.